The zero-order valence-corrected chi connectivity index (χ0v) is 17.8. The number of Topliss-reactive ketones (excluding diaryl/α,β-unsaturated/α-hetero) is 4. The van der Waals surface area contributed by atoms with E-state index in [1.165, 1.54) is 49.1 Å². The third-order valence-electron chi connectivity index (χ3n) is 6.98. The first-order chi connectivity index (χ1) is 16.6. The van der Waals surface area contributed by atoms with E-state index < -0.39 is 34.0 Å². The molecule has 0 aliphatic heterocycles. The molecular weight excluding hydrogens is 428 g/mol. The van der Waals surface area contributed by atoms with Crippen molar-refractivity contribution in [3.05, 3.63) is 131 Å². The van der Waals surface area contributed by atoms with Crippen molar-refractivity contribution in [1.29, 1.82) is 0 Å². The molecule has 0 fully saturated rings. The first-order valence-corrected chi connectivity index (χ1v) is 10.7. The zero-order chi connectivity index (χ0) is 23.5. The zero-order valence-electron chi connectivity index (χ0n) is 17.8. The van der Waals surface area contributed by atoms with E-state index in [0.717, 1.165) is 0 Å². The number of ketones is 4. The van der Waals surface area contributed by atoms with Gasteiger partial charge in [0.05, 0.1) is 0 Å². The van der Waals surface area contributed by atoms with E-state index in [4.69, 9.17) is 0 Å². The summed E-state index contributed by atoms with van der Waals surface area (Å²) in [6, 6.07) is 19.1. The van der Waals surface area contributed by atoms with Gasteiger partial charge in [0.15, 0.2) is 23.1 Å². The number of nitrogens with zero attached hydrogens (tertiary/aromatic N) is 2. The second-order valence-corrected chi connectivity index (χ2v) is 8.38. The summed E-state index contributed by atoms with van der Waals surface area (Å²) in [6.45, 7) is 0. The van der Waals surface area contributed by atoms with Gasteiger partial charge >= 0.3 is 0 Å². The largest absolute Gasteiger partial charge is 0.293 e. The predicted molar refractivity (Wildman–Crippen MR) is 122 cm³/mol. The van der Waals surface area contributed by atoms with Crippen molar-refractivity contribution in [3.8, 4) is 0 Å². The number of fused-ring (bicyclic) bond motifs is 2. The average Bonchev–Trinajstić information content (AvgIpc) is 3.26. The lowest BCUT2D eigenvalue weighted by Crippen LogP contribution is -2.62. The molecule has 0 spiro atoms. The number of rotatable bonds is 3. The van der Waals surface area contributed by atoms with Crippen molar-refractivity contribution in [2.24, 2.45) is 0 Å². The summed E-state index contributed by atoms with van der Waals surface area (Å²) >= 11 is 0. The maximum atomic E-state index is 14.4. The fourth-order valence-corrected chi connectivity index (χ4v) is 5.61. The quantitative estimate of drug-likeness (QED) is 0.446. The van der Waals surface area contributed by atoms with Crippen molar-refractivity contribution in [1.82, 2.24) is 9.97 Å². The van der Waals surface area contributed by atoms with Crippen LogP contribution in [0.25, 0.3) is 0 Å². The Morgan fingerprint density at radius 2 is 0.676 bits per heavy atom. The molecule has 2 heterocycles. The molecule has 2 aliphatic rings. The van der Waals surface area contributed by atoms with Crippen LogP contribution < -0.4 is 0 Å². The van der Waals surface area contributed by atoms with Crippen molar-refractivity contribution in [2.45, 2.75) is 10.8 Å². The van der Waals surface area contributed by atoms with Gasteiger partial charge in [-0.2, -0.15) is 0 Å². The highest BCUT2D eigenvalue weighted by molar-refractivity contribution is 6.45. The average molecular weight is 444 g/mol. The third kappa shape index (κ3) is 2.15. The van der Waals surface area contributed by atoms with Gasteiger partial charge < -0.3 is 0 Å². The number of carbonyl (C=O) groups excluding carboxylic acids is 4. The Morgan fingerprint density at radius 3 is 0.941 bits per heavy atom. The molecule has 0 saturated carbocycles. The van der Waals surface area contributed by atoms with Crippen molar-refractivity contribution < 1.29 is 19.2 Å². The van der Waals surface area contributed by atoms with E-state index in [0.29, 0.717) is 0 Å². The van der Waals surface area contributed by atoms with Crippen LogP contribution in [0.2, 0.25) is 0 Å². The lowest BCUT2D eigenvalue weighted by atomic mass is 9.52. The van der Waals surface area contributed by atoms with Gasteiger partial charge in [-0.25, -0.2) is 0 Å². The molecule has 0 atom stereocenters. The molecule has 2 aromatic carbocycles. The predicted octanol–water partition coefficient (Wildman–Crippen LogP) is 3.81. The number of benzene rings is 2. The summed E-state index contributed by atoms with van der Waals surface area (Å²) < 4.78 is 0. The van der Waals surface area contributed by atoms with Crippen LogP contribution in [0.5, 0.6) is 0 Å². The number of aromatic nitrogens is 2. The highest BCUT2D eigenvalue weighted by Gasteiger charge is 2.75. The van der Waals surface area contributed by atoms with Crippen molar-refractivity contribution in [2.75, 3.05) is 0 Å². The Labute approximate surface area is 194 Å². The third-order valence-corrected chi connectivity index (χ3v) is 6.98. The van der Waals surface area contributed by atoms with Crippen LogP contribution in [0, 0.1) is 0 Å². The molecule has 6 rings (SSSR count). The molecular formula is C28H16N2O4. The van der Waals surface area contributed by atoms with E-state index in [-0.39, 0.29) is 33.4 Å². The van der Waals surface area contributed by atoms with E-state index in [2.05, 4.69) is 9.97 Å². The van der Waals surface area contributed by atoms with Crippen LogP contribution in [0.15, 0.2) is 97.6 Å². The summed E-state index contributed by atoms with van der Waals surface area (Å²) in [5.41, 5.74) is -3.00. The minimum Gasteiger partial charge on any atom is -0.293 e. The molecule has 0 N–H and O–H groups in total. The minimum absolute atomic E-state index is 0.189. The van der Waals surface area contributed by atoms with Gasteiger partial charge in [0.25, 0.3) is 0 Å². The second kappa shape index (κ2) is 6.96. The van der Waals surface area contributed by atoms with E-state index in [1.807, 2.05) is 0 Å². The molecule has 162 valence electrons. The fourth-order valence-electron chi connectivity index (χ4n) is 5.61. The SMILES string of the molecule is O=C1c2ccccc2C(=O)C1(c1ccncc1)C1(c2ccncc2)C(=O)c2ccccc2C1=O. The van der Waals surface area contributed by atoms with Gasteiger partial charge in [-0.05, 0) is 35.4 Å². The van der Waals surface area contributed by atoms with Crippen LogP contribution in [0.1, 0.15) is 52.6 Å². The van der Waals surface area contributed by atoms with E-state index >= 15 is 0 Å². The van der Waals surface area contributed by atoms with Crippen LogP contribution in [0.4, 0.5) is 0 Å². The fraction of sp³-hybridized carbons (Fsp3) is 0.0714. The lowest BCUT2D eigenvalue weighted by Gasteiger charge is -2.42. The number of carbonyl (C=O) groups is 4. The summed E-state index contributed by atoms with van der Waals surface area (Å²) in [7, 11) is 0. The van der Waals surface area contributed by atoms with E-state index in [1.54, 1.807) is 48.5 Å². The monoisotopic (exact) mass is 444 g/mol. The molecule has 0 saturated heterocycles. The van der Waals surface area contributed by atoms with E-state index in [9.17, 15) is 19.2 Å². The molecule has 0 bridgehead atoms. The molecule has 2 aliphatic carbocycles. The molecule has 0 unspecified atom stereocenters. The Balaban J connectivity index is 1.82. The van der Waals surface area contributed by atoms with Crippen molar-refractivity contribution >= 4 is 23.1 Å². The van der Waals surface area contributed by atoms with Crippen LogP contribution in [0.3, 0.4) is 0 Å². The molecule has 4 aromatic rings. The normalized spacial score (nSPS) is 17.5. The lowest BCUT2D eigenvalue weighted by molar-refractivity contribution is 0.0557. The number of hydrogen-bond acceptors (Lipinski definition) is 6. The summed E-state index contributed by atoms with van der Waals surface area (Å²) in [6.07, 6.45) is 5.83. The summed E-state index contributed by atoms with van der Waals surface area (Å²) in [4.78, 5) is 65.6. The molecule has 2 aromatic heterocycles. The van der Waals surface area contributed by atoms with Gasteiger partial charge in [-0.15, -0.1) is 0 Å². The molecule has 6 nitrogen and oxygen atoms in total. The highest BCUT2D eigenvalue weighted by Crippen LogP contribution is 2.57. The molecule has 6 heteroatoms. The Morgan fingerprint density at radius 1 is 0.412 bits per heavy atom. The topological polar surface area (TPSA) is 94.1 Å². The van der Waals surface area contributed by atoms with Gasteiger partial charge in [0.1, 0.15) is 10.8 Å². The van der Waals surface area contributed by atoms with Crippen molar-refractivity contribution in [3.63, 3.8) is 0 Å². The molecule has 0 amide bonds. The minimum atomic E-state index is -2.13. The van der Waals surface area contributed by atoms with Crippen LogP contribution in [-0.2, 0) is 10.8 Å². The van der Waals surface area contributed by atoms with Gasteiger partial charge in [0.2, 0.25) is 0 Å². The number of hydrogen-bond donors (Lipinski definition) is 0. The number of pyridine rings is 2. The first kappa shape index (κ1) is 20.1. The summed E-state index contributed by atoms with van der Waals surface area (Å²) in [5, 5.41) is 0. The Kier molecular flexibility index (Phi) is 4.10. The van der Waals surface area contributed by atoms with Gasteiger partial charge in [-0.1, -0.05) is 48.5 Å². The first-order valence-electron chi connectivity index (χ1n) is 10.7. The molecule has 34 heavy (non-hydrogen) atoms. The summed E-state index contributed by atoms with van der Waals surface area (Å²) in [5.74, 6) is -2.31. The maximum absolute atomic E-state index is 14.4. The molecule has 0 radical (unpaired) electrons. The standard InChI is InChI=1S/C28H16N2O4/c31-23-19-5-1-2-6-20(19)24(32)27(23,17-9-13-29-14-10-17)28(18-11-15-30-16-12-18)25(33)21-7-3-4-8-22(21)26(28)34/h1-16H. The van der Waals surface area contributed by atoms with Gasteiger partial charge in [-0.3, -0.25) is 29.1 Å². The Hall–Kier alpha value is -4.58. The Bertz CT molecular complexity index is 1340. The van der Waals surface area contributed by atoms with Gasteiger partial charge in [0, 0.05) is 47.0 Å². The maximum Gasteiger partial charge on any atom is 0.183 e. The van der Waals surface area contributed by atoms with Crippen LogP contribution in [-0.4, -0.2) is 33.1 Å². The highest BCUT2D eigenvalue weighted by atomic mass is 16.2. The second-order valence-electron chi connectivity index (χ2n) is 8.38. The smallest absolute Gasteiger partial charge is 0.183 e. The van der Waals surface area contributed by atoms with Crippen LogP contribution >= 0.6 is 0 Å².